The highest BCUT2D eigenvalue weighted by Gasteiger charge is 2.08. The van der Waals surface area contributed by atoms with E-state index in [1.807, 2.05) is 6.07 Å². The minimum atomic E-state index is -0.284. The molecule has 0 spiro atoms. The minimum absolute atomic E-state index is 0.284. The summed E-state index contributed by atoms with van der Waals surface area (Å²) in [4.78, 5) is 8.72. The van der Waals surface area contributed by atoms with Crippen molar-refractivity contribution in [2.45, 2.75) is 26.4 Å². The molecular weight excluding hydrogens is 309 g/mol. The average molecular weight is 324 g/mol. The van der Waals surface area contributed by atoms with Crippen LogP contribution in [0.25, 0.3) is 11.4 Å². The van der Waals surface area contributed by atoms with E-state index in [1.165, 1.54) is 12.1 Å². The van der Waals surface area contributed by atoms with Crippen LogP contribution < -0.4 is 5.32 Å². The number of aromatic nitrogens is 2. The van der Waals surface area contributed by atoms with E-state index in [0.29, 0.717) is 22.9 Å². The smallest absolute Gasteiger partial charge is 0.160 e. The Labute approximate surface area is 120 Å². The van der Waals surface area contributed by atoms with Crippen LogP contribution in [0.1, 0.15) is 19.5 Å². The fraction of sp³-hybridized carbons (Fsp3) is 0.286. The van der Waals surface area contributed by atoms with E-state index < -0.39 is 0 Å². The number of halogens is 2. The second-order valence-corrected chi connectivity index (χ2v) is 5.39. The molecule has 1 N–H and O–H groups in total. The van der Waals surface area contributed by atoms with Crippen LogP contribution in [0.15, 0.2) is 34.9 Å². The van der Waals surface area contributed by atoms with Gasteiger partial charge in [-0.05, 0) is 40.2 Å². The molecule has 5 heteroatoms. The summed E-state index contributed by atoms with van der Waals surface area (Å²) in [5.74, 6) is 0.309. The number of nitrogens with one attached hydrogen (secondary N) is 1. The van der Waals surface area contributed by atoms with Crippen LogP contribution in [0.2, 0.25) is 0 Å². The summed E-state index contributed by atoms with van der Waals surface area (Å²) in [5.41, 5.74) is 1.70. The molecule has 0 radical (unpaired) electrons. The van der Waals surface area contributed by atoms with E-state index in [2.05, 4.69) is 45.1 Å². The van der Waals surface area contributed by atoms with Gasteiger partial charge < -0.3 is 5.32 Å². The van der Waals surface area contributed by atoms with Crippen molar-refractivity contribution >= 4 is 15.9 Å². The SMILES string of the molecule is CC(C)NCc1ccnc(-c2ccc(F)cc2Br)n1. The Morgan fingerprint density at radius 3 is 2.79 bits per heavy atom. The lowest BCUT2D eigenvalue weighted by Crippen LogP contribution is -2.22. The zero-order valence-corrected chi connectivity index (χ0v) is 12.4. The molecule has 0 fully saturated rings. The van der Waals surface area contributed by atoms with Crippen molar-refractivity contribution in [2.24, 2.45) is 0 Å². The predicted octanol–water partition coefficient (Wildman–Crippen LogP) is 3.54. The van der Waals surface area contributed by atoms with E-state index >= 15 is 0 Å². The lowest BCUT2D eigenvalue weighted by molar-refractivity contribution is 0.581. The van der Waals surface area contributed by atoms with Crippen molar-refractivity contribution in [1.82, 2.24) is 15.3 Å². The minimum Gasteiger partial charge on any atom is -0.309 e. The zero-order valence-electron chi connectivity index (χ0n) is 10.8. The number of nitrogens with zero attached hydrogens (tertiary/aromatic N) is 2. The Hall–Kier alpha value is -1.33. The Morgan fingerprint density at radius 2 is 2.11 bits per heavy atom. The highest BCUT2D eigenvalue weighted by atomic mass is 79.9. The van der Waals surface area contributed by atoms with E-state index in [9.17, 15) is 4.39 Å². The van der Waals surface area contributed by atoms with Gasteiger partial charge in [-0.25, -0.2) is 14.4 Å². The third-order valence-electron chi connectivity index (χ3n) is 2.58. The van der Waals surface area contributed by atoms with Crippen molar-refractivity contribution < 1.29 is 4.39 Å². The number of hydrogen-bond donors (Lipinski definition) is 1. The first kappa shape index (κ1) is 14.1. The zero-order chi connectivity index (χ0) is 13.8. The van der Waals surface area contributed by atoms with E-state index in [4.69, 9.17) is 0 Å². The molecule has 3 nitrogen and oxygen atoms in total. The third-order valence-corrected chi connectivity index (χ3v) is 3.23. The standard InChI is InChI=1S/C14H15BrFN3/c1-9(2)18-8-11-5-6-17-14(19-11)12-4-3-10(16)7-13(12)15/h3-7,9,18H,8H2,1-2H3. The molecule has 2 rings (SSSR count). The van der Waals surface area contributed by atoms with Gasteiger partial charge in [0.05, 0.1) is 5.69 Å². The van der Waals surface area contributed by atoms with Gasteiger partial charge >= 0.3 is 0 Å². The number of benzene rings is 1. The van der Waals surface area contributed by atoms with Gasteiger partial charge in [-0.2, -0.15) is 0 Å². The lowest BCUT2D eigenvalue weighted by Gasteiger charge is -2.09. The second kappa shape index (κ2) is 6.21. The van der Waals surface area contributed by atoms with Gasteiger partial charge in [0.1, 0.15) is 5.82 Å². The quantitative estimate of drug-likeness (QED) is 0.935. The van der Waals surface area contributed by atoms with Crippen molar-refractivity contribution in [1.29, 1.82) is 0 Å². The van der Waals surface area contributed by atoms with Gasteiger partial charge in [-0.1, -0.05) is 13.8 Å². The fourth-order valence-electron chi connectivity index (χ4n) is 1.60. The van der Waals surface area contributed by atoms with Crippen LogP contribution in [0, 0.1) is 5.82 Å². The summed E-state index contributed by atoms with van der Waals surface area (Å²) in [7, 11) is 0. The summed E-state index contributed by atoms with van der Waals surface area (Å²) in [5, 5.41) is 3.30. The van der Waals surface area contributed by atoms with Gasteiger partial charge in [0.25, 0.3) is 0 Å². The van der Waals surface area contributed by atoms with Crippen molar-refractivity contribution in [3.05, 3.63) is 46.4 Å². The molecule has 100 valence electrons. The Bertz CT molecular complexity index is 572. The highest BCUT2D eigenvalue weighted by molar-refractivity contribution is 9.10. The van der Waals surface area contributed by atoms with Crippen molar-refractivity contribution in [3.8, 4) is 11.4 Å². The molecule has 0 atom stereocenters. The van der Waals surface area contributed by atoms with Gasteiger partial charge in [-0.3, -0.25) is 0 Å². The van der Waals surface area contributed by atoms with E-state index in [1.54, 1.807) is 12.3 Å². The molecule has 1 aromatic carbocycles. The summed E-state index contributed by atoms with van der Waals surface area (Å²) in [6.45, 7) is 4.85. The number of rotatable bonds is 4. The molecule has 0 unspecified atom stereocenters. The van der Waals surface area contributed by atoms with Gasteiger partial charge in [0.2, 0.25) is 0 Å². The van der Waals surface area contributed by atoms with Crippen molar-refractivity contribution in [3.63, 3.8) is 0 Å². The molecule has 2 aromatic rings. The topological polar surface area (TPSA) is 37.8 Å². The Morgan fingerprint density at radius 1 is 1.32 bits per heavy atom. The number of hydrogen-bond acceptors (Lipinski definition) is 3. The van der Waals surface area contributed by atoms with Crippen LogP contribution in [-0.4, -0.2) is 16.0 Å². The Balaban J connectivity index is 2.27. The van der Waals surface area contributed by atoms with Crippen LogP contribution in [0.5, 0.6) is 0 Å². The maximum Gasteiger partial charge on any atom is 0.160 e. The van der Waals surface area contributed by atoms with Crippen LogP contribution in [-0.2, 0) is 6.54 Å². The van der Waals surface area contributed by atoms with E-state index in [-0.39, 0.29) is 5.82 Å². The first-order valence-electron chi connectivity index (χ1n) is 6.07. The molecule has 1 heterocycles. The molecule has 0 aliphatic carbocycles. The molecule has 19 heavy (non-hydrogen) atoms. The lowest BCUT2D eigenvalue weighted by atomic mass is 10.2. The van der Waals surface area contributed by atoms with Crippen LogP contribution >= 0.6 is 15.9 Å². The van der Waals surface area contributed by atoms with E-state index in [0.717, 1.165) is 11.3 Å². The fourth-order valence-corrected chi connectivity index (χ4v) is 2.13. The molecule has 0 aliphatic heterocycles. The molecule has 0 amide bonds. The average Bonchev–Trinajstić information content (AvgIpc) is 2.36. The monoisotopic (exact) mass is 323 g/mol. The summed E-state index contributed by atoms with van der Waals surface area (Å²) in [6, 6.07) is 6.77. The first-order chi connectivity index (χ1) is 9.06. The molecular formula is C14H15BrFN3. The summed E-state index contributed by atoms with van der Waals surface area (Å²) in [6.07, 6.45) is 1.72. The van der Waals surface area contributed by atoms with Crippen molar-refractivity contribution in [2.75, 3.05) is 0 Å². The highest BCUT2D eigenvalue weighted by Crippen LogP contribution is 2.26. The van der Waals surface area contributed by atoms with Gasteiger partial charge in [-0.15, -0.1) is 0 Å². The normalized spacial score (nSPS) is 11.0. The van der Waals surface area contributed by atoms with Gasteiger partial charge in [0, 0.05) is 28.8 Å². The maximum atomic E-state index is 13.1. The molecule has 0 saturated carbocycles. The third kappa shape index (κ3) is 3.81. The largest absolute Gasteiger partial charge is 0.309 e. The summed E-state index contributed by atoms with van der Waals surface area (Å²) >= 11 is 3.33. The molecule has 1 aromatic heterocycles. The Kier molecular flexibility index (Phi) is 4.61. The van der Waals surface area contributed by atoms with Crippen LogP contribution in [0.3, 0.4) is 0 Å². The summed E-state index contributed by atoms with van der Waals surface area (Å²) < 4.78 is 13.7. The second-order valence-electron chi connectivity index (χ2n) is 4.53. The first-order valence-corrected chi connectivity index (χ1v) is 6.86. The molecule has 0 bridgehead atoms. The molecule has 0 saturated heterocycles. The predicted molar refractivity (Wildman–Crippen MR) is 77.1 cm³/mol. The maximum absolute atomic E-state index is 13.1. The van der Waals surface area contributed by atoms with Gasteiger partial charge in [0.15, 0.2) is 5.82 Å². The van der Waals surface area contributed by atoms with Crippen LogP contribution in [0.4, 0.5) is 4.39 Å². The molecule has 0 aliphatic rings.